The summed E-state index contributed by atoms with van der Waals surface area (Å²) in [7, 11) is 1.62. The van der Waals surface area contributed by atoms with Gasteiger partial charge >= 0.3 is 0 Å². The van der Waals surface area contributed by atoms with Crippen molar-refractivity contribution in [2.24, 2.45) is 0 Å². The molecule has 168 valence electrons. The number of pyridine rings is 2. The first kappa shape index (κ1) is 21.4. The Morgan fingerprint density at radius 3 is 2.62 bits per heavy atom. The molecule has 0 aliphatic carbocycles. The summed E-state index contributed by atoms with van der Waals surface area (Å²) in [6.07, 6.45) is 6.29. The number of anilines is 1. The SMILES string of the molecule is COc1ccc(C(=O)Nc2ccc(-c3cn4cccc(C)c4n3)cc2)c(Cc2ccccn2)c1. The average molecular weight is 449 g/mol. The Kier molecular flexibility index (Phi) is 5.79. The summed E-state index contributed by atoms with van der Waals surface area (Å²) in [5.41, 5.74) is 6.98. The lowest BCUT2D eigenvalue weighted by Gasteiger charge is -2.12. The van der Waals surface area contributed by atoms with Crippen LogP contribution in [0.4, 0.5) is 5.69 Å². The highest BCUT2D eigenvalue weighted by atomic mass is 16.5. The summed E-state index contributed by atoms with van der Waals surface area (Å²) in [6.45, 7) is 2.05. The molecule has 0 saturated carbocycles. The van der Waals surface area contributed by atoms with Crippen molar-refractivity contribution in [3.8, 4) is 17.0 Å². The van der Waals surface area contributed by atoms with Gasteiger partial charge in [0, 0.05) is 47.5 Å². The molecule has 0 bridgehead atoms. The van der Waals surface area contributed by atoms with E-state index in [4.69, 9.17) is 9.72 Å². The highest BCUT2D eigenvalue weighted by Crippen LogP contribution is 2.24. The van der Waals surface area contributed by atoms with Crippen molar-refractivity contribution >= 4 is 17.2 Å². The van der Waals surface area contributed by atoms with Crippen LogP contribution in [0.3, 0.4) is 0 Å². The third kappa shape index (κ3) is 4.38. The van der Waals surface area contributed by atoms with Gasteiger partial charge in [-0.05, 0) is 66.6 Å². The van der Waals surface area contributed by atoms with E-state index in [9.17, 15) is 4.79 Å². The molecule has 34 heavy (non-hydrogen) atoms. The predicted molar refractivity (Wildman–Crippen MR) is 133 cm³/mol. The second-order valence-electron chi connectivity index (χ2n) is 8.10. The number of amides is 1. The lowest BCUT2D eigenvalue weighted by atomic mass is 10.0. The summed E-state index contributed by atoms with van der Waals surface area (Å²) in [6, 6.07) is 23.0. The lowest BCUT2D eigenvalue weighted by Crippen LogP contribution is -2.14. The van der Waals surface area contributed by atoms with Crippen LogP contribution in [0.1, 0.15) is 27.2 Å². The number of methoxy groups -OCH3 is 1. The Balaban J connectivity index is 1.37. The van der Waals surface area contributed by atoms with Crippen molar-refractivity contribution < 1.29 is 9.53 Å². The van der Waals surface area contributed by atoms with Gasteiger partial charge in [0.15, 0.2) is 0 Å². The van der Waals surface area contributed by atoms with Crippen LogP contribution < -0.4 is 10.1 Å². The minimum atomic E-state index is -0.176. The first-order valence-corrected chi connectivity index (χ1v) is 11.0. The van der Waals surface area contributed by atoms with E-state index in [0.29, 0.717) is 23.4 Å². The summed E-state index contributed by atoms with van der Waals surface area (Å²) in [5, 5.41) is 3.01. The zero-order valence-corrected chi connectivity index (χ0v) is 19.0. The van der Waals surface area contributed by atoms with Crippen LogP contribution in [0.2, 0.25) is 0 Å². The minimum Gasteiger partial charge on any atom is -0.497 e. The van der Waals surface area contributed by atoms with E-state index in [0.717, 1.165) is 33.7 Å². The van der Waals surface area contributed by atoms with E-state index in [-0.39, 0.29) is 5.91 Å². The van der Waals surface area contributed by atoms with Crippen LogP contribution in [-0.4, -0.2) is 27.4 Å². The molecule has 2 aromatic carbocycles. The fourth-order valence-electron chi connectivity index (χ4n) is 3.98. The molecule has 5 aromatic rings. The van der Waals surface area contributed by atoms with Crippen LogP contribution in [0.5, 0.6) is 5.75 Å². The Morgan fingerprint density at radius 2 is 1.88 bits per heavy atom. The van der Waals surface area contributed by atoms with Crippen molar-refractivity contribution in [2.45, 2.75) is 13.3 Å². The van der Waals surface area contributed by atoms with Crippen molar-refractivity contribution in [1.82, 2.24) is 14.4 Å². The molecule has 3 aromatic heterocycles. The number of hydrogen-bond acceptors (Lipinski definition) is 4. The standard InChI is InChI=1S/C28H24N4O2/c1-19-6-5-15-32-18-26(31-27(19)32)20-8-10-22(11-9-20)30-28(33)25-13-12-24(34-2)17-21(25)16-23-7-3-4-14-29-23/h3-15,17-18H,16H2,1-2H3,(H,30,33). The van der Waals surface area contributed by atoms with Gasteiger partial charge in [-0.25, -0.2) is 4.98 Å². The molecule has 0 radical (unpaired) electrons. The van der Waals surface area contributed by atoms with E-state index in [2.05, 4.69) is 10.3 Å². The zero-order chi connectivity index (χ0) is 23.5. The zero-order valence-electron chi connectivity index (χ0n) is 19.0. The molecule has 3 heterocycles. The molecule has 0 aliphatic heterocycles. The van der Waals surface area contributed by atoms with Crippen LogP contribution in [0.15, 0.2) is 91.4 Å². The number of aryl methyl sites for hydroxylation is 1. The monoisotopic (exact) mass is 448 g/mol. The van der Waals surface area contributed by atoms with Crippen molar-refractivity contribution in [2.75, 3.05) is 12.4 Å². The van der Waals surface area contributed by atoms with Gasteiger partial charge < -0.3 is 14.5 Å². The summed E-state index contributed by atoms with van der Waals surface area (Å²) in [5.74, 6) is 0.527. The average Bonchev–Trinajstić information content (AvgIpc) is 3.31. The first-order chi connectivity index (χ1) is 16.6. The van der Waals surface area contributed by atoms with Gasteiger partial charge in [-0.15, -0.1) is 0 Å². The first-order valence-electron chi connectivity index (χ1n) is 11.0. The van der Waals surface area contributed by atoms with Crippen molar-refractivity contribution in [1.29, 1.82) is 0 Å². The van der Waals surface area contributed by atoms with Crippen LogP contribution >= 0.6 is 0 Å². The predicted octanol–water partition coefficient (Wildman–Crippen LogP) is 5.56. The van der Waals surface area contributed by atoms with E-state index in [1.165, 1.54) is 0 Å². The number of ether oxygens (including phenoxy) is 1. The summed E-state index contributed by atoms with van der Waals surface area (Å²) in [4.78, 5) is 22.3. The molecule has 0 spiro atoms. The number of nitrogens with one attached hydrogen (secondary N) is 1. The van der Waals surface area contributed by atoms with Gasteiger partial charge in [-0.3, -0.25) is 9.78 Å². The lowest BCUT2D eigenvalue weighted by molar-refractivity contribution is 0.102. The van der Waals surface area contributed by atoms with Gasteiger partial charge in [0.25, 0.3) is 5.91 Å². The quantitative estimate of drug-likeness (QED) is 0.369. The smallest absolute Gasteiger partial charge is 0.255 e. The van der Waals surface area contributed by atoms with E-state index < -0.39 is 0 Å². The molecular weight excluding hydrogens is 424 g/mol. The van der Waals surface area contributed by atoms with Gasteiger partial charge in [0.05, 0.1) is 12.8 Å². The number of rotatable bonds is 6. The Hall–Kier alpha value is -4.45. The third-order valence-electron chi connectivity index (χ3n) is 5.77. The maximum Gasteiger partial charge on any atom is 0.255 e. The number of imidazole rings is 1. The van der Waals surface area contributed by atoms with E-state index in [1.807, 2.05) is 84.4 Å². The third-order valence-corrected chi connectivity index (χ3v) is 5.77. The number of nitrogens with zero attached hydrogens (tertiary/aromatic N) is 3. The van der Waals surface area contributed by atoms with Crippen molar-refractivity contribution in [3.63, 3.8) is 0 Å². The molecule has 0 unspecified atom stereocenters. The normalized spacial score (nSPS) is 10.9. The van der Waals surface area contributed by atoms with Gasteiger partial charge in [-0.1, -0.05) is 24.3 Å². The maximum atomic E-state index is 13.1. The number of fused-ring (bicyclic) bond motifs is 1. The van der Waals surface area contributed by atoms with Gasteiger partial charge in [0.2, 0.25) is 0 Å². The van der Waals surface area contributed by atoms with Gasteiger partial charge in [0.1, 0.15) is 11.4 Å². The number of hydrogen-bond donors (Lipinski definition) is 1. The molecular formula is C28H24N4O2. The molecule has 0 saturated heterocycles. The largest absolute Gasteiger partial charge is 0.497 e. The molecule has 6 nitrogen and oxygen atoms in total. The molecule has 1 N–H and O–H groups in total. The maximum absolute atomic E-state index is 13.1. The second-order valence-corrected chi connectivity index (χ2v) is 8.10. The van der Waals surface area contributed by atoms with Crippen LogP contribution in [0, 0.1) is 6.92 Å². The Morgan fingerprint density at radius 1 is 1.03 bits per heavy atom. The summed E-state index contributed by atoms with van der Waals surface area (Å²) >= 11 is 0. The second kappa shape index (κ2) is 9.19. The molecule has 0 aliphatic rings. The molecule has 5 rings (SSSR count). The van der Waals surface area contributed by atoms with Crippen molar-refractivity contribution in [3.05, 3.63) is 114 Å². The number of carbonyl (C=O) groups excluding carboxylic acids is 1. The minimum absolute atomic E-state index is 0.176. The van der Waals surface area contributed by atoms with E-state index in [1.54, 1.807) is 25.4 Å². The number of aromatic nitrogens is 3. The molecule has 0 atom stereocenters. The Labute approximate surface area is 197 Å². The molecule has 6 heteroatoms. The molecule has 0 fully saturated rings. The highest BCUT2D eigenvalue weighted by molar-refractivity contribution is 6.05. The van der Waals surface area contributed by atoms with Crippen LogP contribution in [-0.2, 0) is 6.42 Å². The molecule has 1 amide bonds. The Bertz CT molecular complexity index is 1460. The summed E-state index contributed by atoms with van der Waals surface area (Å²) < 4.78 is 7.39. The highest BCUT2D eigenvalue weighted by Gasteiger charge is 2.14. The van der Waals surface area contributed by atoms with Gasteiger partial charge in [-0.2, -0.15) is 0 Å². The van der Waals surface area contributed by atoms with Crippen LogP contribution in [0.25, 0.3) is 16.9 Å². The van der Waals surface area contributed by atoms with E-state index >= 15 is 0 Å². The fraction of sp³-hybridized carbons (Fsp3) is 0.107. The number of benzene rings is 2. The topological polar surface area (TPSA) is 68.5 Å². The fourth-order valence-corrected chi connectivity index (χ4v) is 3.98. The number of carbonyl (C=O) groups is 1.